The minimum Gasteiger partial charge on any atom is -0.461 e. The maximum absolute atomic E-state index is 14.2. The molecular weight excluding hydrogens is 546 g/mol. The number of amides is 1. The van der Waals surface area contributed by atoms with Crippen molar-refractivity contribution >= 4 is 53.3 Å². The molecule has 0 unspecified atom stereocenters. The fourth-order valence-electron chi connectivity index (χ4n) is 5.33. The molecule has 12 heteroatoms. The number of aromatic nitrogens is 2. The number of halogens is 3. The van der Waals surface area contributed by atoms with Gasteiger partial charge in [0, 0.05) is 30.6 Å². The van der Waals surface area contributed by atoms with E-state index in [0.29, 0.717) is 22.5 Å². The van der Waals surface area contributed by atoms with E-state index in [0.717, 1.165) is 51.4 Å². The number of ether oxygens (including phenoxy) is 1. The molecule has 0 saturated heterocycles. The second-order valence-corrected chi connectivity index (χ2v) is 9.88. The lowest BCUT2D eigenvalue weighted by molar-refractivity contribution is 0.0597. The highest BCUT2D eigenvalue weighted by Crippen LogP contribution is 2.27. The van der Waals surface area contributed by atoms with E-state index in [1.165, 1.54) is 12.1 Å². The molecule has 0 radical (unpaired) electrons. The van der Waals surface area contributed by atoms with Gasteiger partial charge in [0.2, 0.25) is 5.82 Å². The van der Waals surface area contributed by atoms with Crippen molar-refractivity contribution in [3.05, 3.63) is 54.0 Å². The van der Waals surface area contributed by atoms with Gasteiger partial charge < -0.3 is 25.1 Å². The van der Waals surface area contributed by atoms with Gasteiger partial charge in [0.05, 0.1) is 17.9 Å². The lowest BCUT2D eigenvalue weighted by Crippen LogP contribution is -2.48. The van der Waals surface area contributed by atoms with E-state index in [1.807, 2.05) is 0 Å². The van der Waals surface area contributed by atoms with E-state index < -0.39 is 5.82 Å². The maximum atomic E-state index is 14.2. The topological polar surface area (TPSA) is 125 Å². The molecular formula is C27H35Cl2FN6O3. The van der Waals surface area contributed by atoms with E-state index in [-0.39, 0.29) is 66.6 Å². The molecule has 2 aliphatic rings. The first-order chi connectivity index (χ1) is 18.0. The van der Waals surface area contributed by atoms with Crippen molar-refractivity contribution in [1.82, 2.24) is 20.6 Å². The summed E-state index contributed by atoms with van der Waals surface area (Å²) in [5.41, 5.74) is 0.496. The number of fused-ring (bicyclic) bond motifs is 1. The summed E-state index contributed by atoms with van der Waals surface area (Å²) in [6.45, 7) is 0. The SMILES string of the molecule is CO[C@H]1CC[C@H](NC(=O)c2nc(N[C@H]3CCCC[C@H]3NC(=N)c3ccco3)c3cc(F)ccc3n2)CC1.Cl.Cl. The van der Waals surface area contributed by atoms with E-state index in [4.69, 9.17) is 14.6 Å². The van der Waals surface area contributed by atoms with E-state index in [1.54, 1.807) is 31.6 Å². The number of rotatable bonds is 7. The van der Waals surface area contributed by atoms with E-state index >= 15 is 0 Å². The Labute approximate surface area is 239 Å². The first-order valence-corrected chi connectivity index (χ1v) is 13.0. The number of methoxy groups -OCH3 is 1. The van der Waals surface area contributed by atoms with Crippen LogP contribution in [0.3, 0.4) is 0 Å². The van der Waals surface area contributed by atoms with Crippen LogP contribution in [0.25, 0.3) is 10.9 Å². The normalized spacial score (nSPS) is 22.7. The quantitative estimate of drug-likeness (QED) is 0.222. The van der Waals surface area contributed by atoms with Crippen LogP contribution >= 0.6 is 24.8 Å². The van der Waals surface area contributed by atoms with Crippen molar-refractivity contribution in [3.8, 4) is 0 Å². The number of furan rings is 1. The fraction of sp³-hybridized carbons (Fsp3) is 0.481. The molecule has 39 heavy (non-hydrogen) atoms. The highest BCUT2D eigenvalue weighted by Gasteiger charge is 2.29. The van der Waals surface area contributed by atoms with E-state index in [9.17, 15) is 9.18 Å². The van der Waals surface area contributed by atoms with E-state index in [2.05, 4.69) is 25.9 Å². The first kappa shape index (κ1) is 30.6. The summed E-state index contributed by atoms with van der Waals surface area (Å²) in [5, 5.41) is 18.7. The summed E-state index contributed by atoms with van der Waals surface area (Å²) in [6, 6.07) is 7.70. The summed E-state index contributed by atoms with van der Waals surface area (Å²) in [5.74, 6) is 0.417. The molecule has 4 N–H and O–H groups in total. The monoisotopic (exact) mass is 580 g/mol. The zero-order valence-corrected chi connectivity index (χ0v) is 23.4. The number of benzene rings is 1. The third-order valence-electron chi connectivity index (χ3n) is 7.39. The maximum Gasteiger partial charge on any atom is 0.289 e. The molecule has 1 amide bonds. The van der Waals surface area contributed by atoms with Crippen molar-refractivity contribution in [3.63, 3.8) is 0 Å². The van der Waals surface area contributed by atoms with Crippen molar-refractivity contribution in [2.24, 2.45) is 0 Å². The zero-order chi connectivity index (χ0) is 25.8. The standard InChI is InChI=1S/C27H33FN6O3.2ClH/c1-36-18-11-9-17(10-12-18)30-27(35)26-32-20-13-8-16(28)15-19(20)25(34-26)33-22-6-3-2-5-21(22)31-24(29)23-7-4-14-37-23;;/h4,7-8,13-15,17-18,21-22H,2-3,5-6,9-12H2,1H3,(H2,29,31)(H,30,35)(H,32,33,34);2*1H/t17-,18-,21-,22+;;/m1../s1. The van der Waals surface area contributed by atoms with Gasteiger partial charge in [-0.3, -0.25) is 10.2 Å². The van der Waals surface area contributed by atoms with Crippen LogP contribution in [0.5, 0.6) is 0 Å². The van der Waals surface area contributed by atoms with Crippen LogP contribution in [0, 0.1) is 11.2 Å². The molecule has 212 valence electrons. The predicted octanol–water partition coefficient (Wildman–Crippen LogP) is 5.23. The molecule has 2 aliphatic carbocycles. The van der Waals surface area contributed by atoms with Gasteiger partial charge in [-0.05, 0) is 68.9 Å². The summed E-state index contributed by atoms with van der Waals surface area (Å²) in [7, 11) is 1.72. The van der Waals surface area contributed by atoms with Crippen molar-refractivity contribution in [2.45, 2.75) is 75.6 Å². The van der Waals surface area contributed by atoms with Gasteiger partial charge in [-0.25, -0.2) is 14.4 Å². The predicted molar refractivity (Wildman–Crippen MR) is 153 cm³/mol. The van der Waals surface area contributed by atoms with Crippen molar-refractivity contribution < 1.29 is 18.3 Å². The Bertz CT molecular complexity index is 1250. The second-order valence-electron chi connectivity index (χ2n) is 9.88. The lowest BCUT2D eigenvalue weighted by atomic mass is 9.90. The van der Waals surface area contributed by atoms with Gasteiger partial charge in [0.15, 0.2) is 11.6 Å². The van der Waals surface area contributed by atoms with Crippen LogP contribution in [0.1, 0.15) is 67.7 Å². The Balaban J connectivity index is 0.00000210. The molecule has 0 spiro atoms. The van der Waals surface area contributed by atoms with Gasteiger partial charge >= 0.3 is 0 Å². The van der Waals surface area contributed by atoms with Gasteiger partial charge in [-0.2, -0.15) is 0 Å². The summed E-state index contributed by atoms with van der Waals surface area (Å²) < 4.78 is 25.0. The molecule has 0 bridgehead atoms. The van der Waals surface area contributed by atoms with Crippen LogP contribution in [0.2, 0.25) is 0 Å². The molecule has 2 fully saturated rings. The zero-order valence-electron chi connectivity index (χ0n) is 21.7. The van der Waals surface area contributed by atoms with Crippen LogP contribution < -0.4 is 16.0 Å². The lowest BCUT2D eigenvalue weighted by Gasteiger charge is -2.34. The Morgan fingerprint density at radius 1 is 1.03 bits per heavy atom. The first-order valence-electron chi connectivity index (χ1n) is 13.0. The molecule has 2 aromatic heterocycles. The fourth-order valence-corrected chi connectivity index (χ4v) is 5.33. The average Bonchev–Trinajstić information content (AvgIpc) is 3.46. The summed E-state index contributed by atoms with van der Waals surface area (Å²) in [4.78, 5) is 22.2. The number of amidine groups is 1. The van der Waals surface area contributed by atoms with Crippen LogP contribution in [-0.2, 0) is 4.74 Å². The number of carbonyl (C=O) groups excluding carboxylic acids is 1. The number of hydrogen-bond acceptors (Lipinski definition) is 7. The molecule has 2 saturated carbocycles. The summed E-state index contributed by atoms with van der Waals surface area (Å²) in [6.07, 6.45) is 8.99. The Morgan fingerprint density at radius 3 is 2.46 bits per heavy atom. The van der Waals surface area contributed by atoms with Crippen LogP contribution in [0.15, 0.2) is 41.0 Å². The Morgan fingerprint density at radius 2 is 1.77 bits per heavy atom. The second kappa shape index (κ2) is 13.9. The minimum absolute atomic E-state index is 0. The van der Waals surface area contributed by atoms with Gasteiger partial charge in [-0.15, -0.1) is 24.8 Å². The highest BCUT2D eigenvalue weighted by molar-refractivity contribution is 5.97. The molecule has 2 atom stereocenters. The van der Waals surface area contributed by atoms with Crippen LogP contribution in [-0.4, -0.2) is 53.1 Å². The minimum atomic E-state index is -0.399. The molecule has 2 heterocycles. The smallest absolute Gasteiger partial charge is 0.289 e. The molecule has 3 aromatic rings. The molecule has 1 aromatic carbocycles. The molecule has 9 nitrogen and oxygen atoms in total. The van der Waals surface area contributed by atoms with Crippen molar-refractivity contribution in [2.75, 3.05) is 12.4 Å². The third kappa shape index (κ3) is 7.38. The number of nitrogens with one attached hydrogen (secondary N) is 4. The van der Waals surface area contributed by atoms with Gasteiger partial charge in [0.1, 0.15) is 11.6 Å². The third-order valence-corrected chi connectivity index (χ3v) is 7.39. The van der Waals surface area contributed by atoms with Gasteiger partial charge in [0.25, 0.3) is 5.91 Å². The number of anilines is 1. The highest BCUT2D eigenvalue weighted by atomic mass is 35.5. The number of carbonyl (C=O) groups is 1. The van der Waals surface area contributed by atoms with Crippen molar-refractivity contribution in [1.29, 1.82) is 5.41 Å². The molecule has 5 rings (SSSR count). The Hall–Kier alpha value is -2.95. The van der Waals surface area contributed by atoms with Crippen LogP contribution in [0.4, 0.5) is 10.2 Å². The number of hydrogen-bond donors (Lipinski definition) is 4. The van der Waals surface area contributed by atoms with Gasteiger partial charge in [-0.1, -0.05) is 12.8 Å². The average molecular weight is 582 g/mol. The Kier molecular flexibility index (Phi) is 10.9. The summed E-state index contributed by atoms with van der Waals surface area (Å²) >= 11 is 0. The largest absolute Gasteiger partial charge is 0.461 e. The molecule has 0 aliphatic heterocycles. The number of nitrogens with zero attached hydrogens (tertiary/aromatic N) is 2.